The fourth-order valence-electron chi connectivity index (χ4n) is 2.83. The lowest BCUT2D eigenvalue weighted by Crippen LogP contribution is -2.24. The molecule has 1 unspecified atom stereocenters. The Labute approximate surface area is 130 Å². The van der Waals surface area contributed by atoms with Gasteiger partial charge in [-0.15, -0.1) is 0 Å². The molecule has 3 heterocycles. The summed E-state index contributed by atoms with van der Waals surface area (Å²) >= 11 is 0. The fraction of sp³-hybridized carbons (Fsp3) is 0.438. The van der Waals surface area contributed by atoms with E-state index in [1.807, 2.05) is 38.1 Å². The molecule has 1 aliphatic rings. The Morgan fingerprint density at radius 2 is 2.09 bits per heavy atom. The van der Waals surface area contributed by atoms with Crippen molar-refractivity contribution >= 4 is 17.6 Å². The highest BCUT2D eigenvalue weighted by molar-refractivity contribution is 5.44. The quantitative estimate of drug-likeness (QED) is 0.899. The summed E-state index contributed by atoms with van der Waals surface area (Å²) in [4.78, 5) is 15.2. The summed E-state index contributed by atoms with van der Waals surface area (Å²) in [6.07, 6.45) is 1.14. The first-order chi connectivity index (χ1) is 10.6. The van der Waals surface area contributed by atoms with Crippen LogP contribution in [0.15, 0.2) is 24.3 Å². The molecule has 1 saturated heterocycles. The minimum atomic E-state index is 0.348. The molecule has 22 heavy (non-hydrogen) atoms. The molecule has 2 aromatic rings. The number of rotatable bonds is 4. The van der Waals surface area contributed by atoms with Crippen LogP contribution < -0.4 is 16.0 Å². The molecule has 0 spiro atoms. The molecule has 0 aromatic carbocycles. The van der Waals surface area contributed by atoms with Crippen molar-refractivity contribution in [1.29, 1.82) is 0 Å². The first-order valence-corrected chi connectivity index (χ1v) is 7.64. The Morgan fingerprint density at radius 3 is 2.86 bits per heavy atom. The number of nitrogen functional groups attached to an aromatic ring is 1. The highest BCUT2D eigenvalue weighted by Crippen LogP contribution is 2.23. The summed E-state index contributed by atoms with van der Waals surface area (Å²) in [5, 5.41) is 3.43. The van der Waals surface area contributed by atoms with Gasteiger partial charge >= 0.3 is 0 Å². The monoisotopic (exact) mass is 298 g/mol. The Balaban J connectivity index is 1.58. The average Bonchev–Trinajstić information content (AvgIpc) is 2.93. The number of pyridine rings is 1. The second-order valence-corrected chi connectivity index (χ2v) is 5.87. The van der Waals surface area contributed by atoms with Gasteiger partial charge in [0, 0.05) is 37.1 Å². The highest BCUT2D eigenvalue weighted by atomic mass is 15.2. The molecule has 1 aliphatic heterocycles. The van der Waals surface area contributed by atoms with Gasteiger partial charge in [0.25, 0.3) is 0 Å². The van der Waals surface area contributed by atoms with Crippen LogP contribution in [0.25, 0.3) is 0 Å². The summed E-state index contributed by atoms with van der Waals surface area (Å²) < 4.78 is 0. The summed E-state index contributed by atoms with van der Waals surface area (Å²) in [5.74, 6) is 2.81. The Kier molecular flexibility index (Phi) is 4.09. The summed E-state index contributed by atoms with van der Waals surface area (Å²) in [7, 11) is 0. The molecule has 0 amide bonds. The van der Waals surface area contributed by atoms with Gasteiger partial charge in [-0.1, -0.05) is 6.07 Å². The molecule has 1 atom stereocenters. The molecule has 0 radical (unpaired) electrons. The van der Waals surface area contributed by atoms with Crippen LogP contribution in [0.3, 0.4) is 0 Å². The number of nitrogens with one attached hydrogen (secondary N) is 1. The predicted octanol–water partition coefficient (Wildman–Crippen LogP) is 2.01. The molecule has 3 rings (SSSR count). The van der Waals surface area contributed by atoms with Gasteiger partial charge in [-0.25, -0.2) is 9.97 Å². The van der Waals surface area contributed by atoms with Crippen LogP contribution in [0.5, 0.6) is 0 Å². The second kappa shape index (κ2) is 6.17. The van der Waals surface area contributed by atoms with Crippen molar-refractivity contribution in [3.8, 4) is 0 Å². The van der Waals surface area contributed by atoms with Crippen LogP contribution in [0.4, 0.5) is 17.6 Å². The first kappa shape index (κ1) is 14.6. The van der Waals surface area contributed by atoms with Gasteiger partial charge in [-0.3, -0.25) is 0 Å². The lowest BCUT2D eigenvalue weighted by molar-refractivity contribution is 0.620. The molecule has 116 valence electrons. The number of anilines is 3. The van der Waals surface area contributed by atoms with Crippen LogP contribution in [0.2, 0.25) is 0 Å². The standard InChI is InChI=1S/C16H22N6/c1-11-4-3-5-14(19-11)18-9-13-6-7-22(10-13)15-8-12(2)20-16(17)21-15/h3-5,8,13H,6-7,9-10H2,1-2H3,(H,18,19)(H2,17,20,21). The Hall–Kier alpha value is -2.37. The summed E-state index contributed by atoms with van der Waals surface area (Å²) in [5.41, 5.74) is 7.68. The molecule has 6 nitrogen and oxygen atoms in total. The van der Waals surface area contributed by atoms with Crippen molar-refractivity contribution in [2.75, 3.05) is 35.6 Å². The maximum atomic E-state index is 5.74. The van der Waals surface area contributed by atoms with E-state index in [1.165, 1.54) is 0 Å². The van der Waals surface area contributed by atoms with Crippen molar-refractivity contribution in [2.45, 2.75) is 20.3 Å². The van der Waals surface area contributed by atoms with Crippen LogP contribution in [-0.2, 0) is 0 Å². The van der Waals surface area contributed by atoms with Gasteiger partial charge in [0.2, 0.25) is 5.95 Å². The van der Waals surface area contributed by atoms with Crippen molar-refractivity contribution in [3.05, 3.63) is 35.7 Å². The van der Waals surface area contributed by atoms with Gasteiger partial charge in [0.15, 0.2) is 0 Å². The van der Waals surface area contributed by atoms with E-state index < -0.39 is 0 Å². The average molecular weight is 298 g/mol. The fourth-order valence-corrected chi connectivity index (χ4v) is 2.83. The maximum absolute atomic E-state index is 5.74. The van der Waals surface area contributed by atoms with Gasteiger partial charge in [-0.2, -0.15) is 4.98 Å². The van der Waals surface area contributed by atoms with E-state index in [4.69, 9.17) is 5.73 Å². The van der Waals surface area contributed by atoms with Crippen LogP contribution in [0.1, 0.15) is 17.8 Å². The van der Waals surface area contributed by atoms with E-state index in [0.717, 1.165) is 49.1 Å². The lowest BCUT2D eigenvalue weighted by Gasteiger charge is -2.18. The highest BCUT2D eigenvalue weighted by Gasteiger charge is 2.23. The maximum Gasteiger partial charge on any atom is 0.222 e. The molecular formula is C16H22N6. The zero-order chi connectivity index (χ0) is 15.5. The summed E-state index contributed by atoms with van der Waals surface area (Å²) in [6.45, 7) is 6.86. The molecule has 6 heteroatoms. The van der Waals surface area contributed by atoms with Crippen molar-refractivity contribution in [3.63, 3.8) is 0 Å². The smallest absolute Gasteiger partial charge is 0.222 e. The minimum absolute atomic E-state index is 0.348. The zero-order valence-corrected chi connectivity index (χ0v) is 13.1. The number of aryl methyl sites for hydroxylation is 2. The lowest BCUT2D eigenvalue weighted by atomic mass is 10.1. The Bertz CT molecular complexity index is 637. The van der Waals surface area contributed by atoms with E-state index in [2.05, 4.69) is 25.2 Å². The summed E-state index contributed by atoms with van der Waals surface area (Å²) in [6, 6.07) is 8.03. The third-order valence-corrected chi connectivity index (χ3v) is 3.93. The van der Waals surface area contributed by atoms with Gasteiger partial charge in [0.05, 0.1) is 0 Å². The van der Waals surface area contributed by atoms with E-state index in [9.17, 15) is 0 Å². The minimum Gasteiger partial charge on any atom is -0.370 e. The van der Waals surface area contributed by atoms with Gasteiger partial charge < -0.3 is 16.0 Å². The van der Waals surface area contributed by atoms with Gasteiger partial charge in [0.1, 0.15) is 11.6 Å². The van der Waals surface area contributed by atoms with Crippen molar-refractivity contribution in [2.24, 2.45) is 5.92 Å². The molecule has 1 fully saturated rings. The Morgan fingerprint density at radius 1 is 1.23 bits per heavy atom. The topological polar surface area (TPSA) is 80.0 Å². The third kappa shape index (κ3) is 3.44. The van der Waals surface area contributed by atoms with E-state index in [-0.39, 0.29) is 0 Å². The first-order valence-electron chi connectivity index (χ1n) is 7.64. The molecular weight excluding hydrogens is 276 g/mol. The second-order valence-electron chi connectivity index (χ2n) is 5.87. The van der Waals surface area contributed by atoms with E-state index in [1.54, 1.807) is 0 Å². The number of nitrogens with two attached hydrogens (primary N) is 1. The number of hydrogen-bond donors (Lipinski definition) is 2. The van der Waals surface area contributed by atoms with Crippen molar-refractivity contribution in [1.82, 2.24) is 15.0 Å². The van der Waals surface area contributed by atoms with Crippen LogP contribution in [0, 0.1) is 19.8 Å². The largest absolute Gasteiger partial charge is 0.370 e. The molecule has 3 N–H and O–H groups in total. The number of hydrogen-bond acceptors (Lipinski definition) is 6. The van der Waals surface area contributed by atoms with Crippen LogP contribution >= 0.6 is 0 Å². The van der Waals surface area contributed by atoms with Crippen molar-refractivity contribution < 1.29 is 0 Å². The zero-order valence-electron chi connectivity index (χ0n) is 13.1. The van der Waals surface area contributed by atoms with E-state index >= 15 is 0 Å². The van der Waals surface area contributed by atoms with Crippen LogP contribution in [-0.4, -0.2) is 34.6 Å². The predicted molar refractivity (Wildman–Crippen MR) is 89.0 cm³/mol. The van der Waals surface area contributed by atoms with Gasteiger partial charge in [-0.05, 0) is 38.3 Å². The normalized spacial score (nSPS) is 17.7. The SMILES string of the molecule is Cc1cccc(NCC2CCN(c3cc(C)nc(N)n3)C2)n1. The molecule has 0 aliphatic carbocycles. The van der Waals surface area contributed by atoms with E-state index in [0.29, 0.717) is 11.9 Å². The molecule has 2 aromatic heterocycles. The third-order valence-electron chi connectivity index (χ3n) is 3.93. The number of nitrogens with zero attached hydrogens (tertiary/aromatic N) is 4. The number of aromatic nitrogens is 3. The molecule has 0 bridgehead atoms. The molecule has 0 saturated carbocycles.